The molecule has 1 aromatic carbocycles. The van der Waals surface area contributed by atoms with Crippen LogP contribution >= 0.6 is 0 Å². The van der Waals surface area contributed by atoms with Crippen molar-refractivity contribution in [2.45, 2.75) is 18.4 Å². The highest BCUT2D eigenvalue weighted by molar-refractivity contribution is 5.71. The third-order valence-electron chi connectivity index (χ3n) is 3.33. The van der Waals surface area contributed by atoms with Crippen LogP contribution in [0.5, 0.6) is 0 Å². The summed E-state index contributed by atoms with van der Waals surface area (Å²) >= 11 is 0. The van der Waals surface area contributed by atoms with Gasteiger partial charge in [-0.3, -0.25) is 4.79 Å². The van der Waals surface area contributed by atoms with Crippen LogP contribution in [-0.4, -0.2) is 26.2 Å². The first kappa shape index (κ1) is 12.1. The van der Waals surface area contributed by atoms with E-state index in [9.17, 15) is 4.79 Å². The zero-order chi connectivity index (χ0) is 12.3. The molecule has 0 bridgehead atoms. The number of carbonyl (C=O) groups is 1. The molecule has 1 atom stereocenters. The van der Waals surface area contributed by atoms with E-state index in [-0.39, 0.29) is 12.4 Å². The Bertz CT molecular complexity index is 419. The summed E-state index contributed by atoms with van der Waals surface area (Å²) in [6, 6.07) is 7.96. The van der Waals surface area contributed by atoms with E-state index in [4.69, 9.17) is 15.2 Å². The lowest BCUT2D eigenvalue weighted by atomic mass is 9.75. The maximum absolute atomic E-state index is 11.5. The standard InChI is InChI=1S/C13H17NO3/c1-16-12(15)6-13(8-14)9-17-7-10-4-2-3-5-11(10)13/h2-5H,6-9,14H2,1H3. The lowest BCUT2D eigenvalue weighted by Crippen LogP contribution is -2.44. The Balaban J connectivity index is 2.38. The van der Waals surface area contributed by atoms with Crippen LogP contribution in [0.3, 0.4) is 0 Å². The van der Waals surface area contributed by atoms with E-state index >= 15 is 0 Å². The second-order valence-corrected chi connectivity index (χ2v) is 4.39. The number of carbonyl (C=O) groups excluding carboxylic acids is 1. The lowest BCUT2D eigenvalue weighted by molar-refractivity contribution is -0.143. The summed E-state index contributed by atoms with van der Waals surface area (Å²) in [5.74, 6) is -0.254. The zero-order valence-electron chi connectivity index (χ0n) is 9.94. The van der Waals surface area contributed by atoms with Gasteiger partial charge >= 0.3 is 5.97 Å². The molecule has 4 heteroatoms. The number of fused-ring (bicyclic) bond motifs is 1. The first-order valence-corrected chi connectivity index (χ1v) is 5.65. The maximum atomic E-state index is 11.5. The SMILES string of the molecule is COC(=O)CC1(CN)COCc2ccccc21. The minimum atomic E-state index is -0.443. The van der Waals surface area contributed by atoms with E-state index in [1.165, 1.54) is 7.11 Å². The van der Waals surface area contributed by atoms with Crippen molar-refractivity contribution >= 4 is 5.97 Å². The van der Waals surface area contributed by atoms with Crippen molar-refractivity contribution in [3.63, 3.8) is 0 Å². The van der Waals surface area contributed by atoms with Crippen molar-refractivity contribution in [3.05, 3.63) is 35.4 Å². The van der Waals surface area contributed by atoms with Gasteiger partial charge in [0.1, 0.15) is 0 Å². The van der Waals surface area contributed by atoms with Crippen molar-refractivity contribution in [3.8, 4) is 0 Å². The Morgan fingerprint density at radius 1 is 1.53 bits per heavy atom. The molecule has 92 valence electrons. The van der Waals surface area contributed by atoms with Gasteiger partial charge in [-0.15, -0.1) is 0 Å². The molecule has 0 spiro atoms. The van der Waals surface area contributed by atoms with Gasteiger partial charge in [-0.2, -0.15) is 0 Å². The van der Waals surface area contributed by atoms with E-state index in [1.54, 1.807) is 0 Å². The Morgan fingerprint density at radius 2 is 2.29 bits per heavy atom. The summed E-state index contributed by atoms with van der Waals surface area (Å²) in [6.07, 6.45) is 0.261. The summed E-state index contributed by atoms with van der Waals surface area (Å²) in [5.41, 5.74) is 7.64. The molecule has 0 saturated heterocycles. The van der Waals surface area contributed by atoms with Gasteiger partial charge in [0.2, 0.25) is 0 Å². The molecule has 1 aromatic rings. The molecule has 0 amide bonds. The second kappa shape index (κ2) is 4.85. The second-order valence-electron chi connectivity index (χ2n) is 4.39. The Morgan fingerprint density at radius 3 is 3.00 bits per heavy atom. The normalized spacial score (nSPS) is 22.9. The molecular weight excluding hydrogens is 218 g/mol. The molecule has 0 fully saturated rings. The average molecular weight is 235 g/mol. The van der Waals surface area contributed by atoms with Gasteiger partial charge in [0.15, 0.2) is 0 Å². The molecule has 4 nitrogen and oxygen atoms in total. The van der Waals surface area contributed by atoms with Crippen LogP contribution in [-0.2, 0) is 26.3 Å². The number of esters is 1. The number of methoxy groups -OCH3 is 1. The molecule has 2 N–H and O–H groups in total. The van der Waals surface area contributed by atoms with Crippen LogP contribution in [0.15, 0.2) is 24.3 Å². The minimum Gasteiger partial charge on any atom is -0.469 e. The number of hydrogen-bond donors (Lipinski definition) is 1. The van der Waals surface area contributed by atoms with E-state index in [0.717, 1.165) is 11.1 Å². The molecule has 1 heterocycles. The molecule has 0 aliphatic carbocycles. The van der Waals surface area contributed by atoms with Gasteiger partial charge < -0.3 is 15.2 Å². The number of nitrogens with two attached hydrogens (primary N) is 1. The quantitative estimate of drug-likeness (QED) is 0.793. The van der Waals surface area contributed by atoms with Crippen LogP contribution < -0.4 is 5.73 Å². The predicted octanol–water partition coefficient (Wildman–Crippen LogP) is 0.976. The van der Waals surface area contributed by atoms with Gasteiger partial charge in [0.25, 0.3) is 0 Å². The fourth-order valence-electron chi connectivity index (χ4n) is 2.33. The Hall–Kier alpha value is -1.39. The molecule has 1 aliphatic rings. The molecule has 0 aromatic heterocycles. The van der Waals surface area contributed by atoms with Gasteiger partial charge in [-0.25, -0.2) is 0 Å². The van der Waals surface area contributed by atoms with E-state index < -0.39 is 5.41 Å². The van der Waals surface area contributed by atoms with Gasteiger partial charge in [-0.05, 0) is 11.1 Å². The summed E-state index contributed by atoms with van der Waals surface area (Å²) in [6.45, 7) is 1.42. The molecule has 1 aliphatic heterocycles. The first-order valence-electron chi connectivity index (χ1n) is 5.65. The molecule has 1 unspecified atom stereocenters. The van der Waals surface area contributed by atoms with Crippen molar-refractivity contribution in [2.24, 2.45) is 5.73 Å². The van der Waals surface area contributed by atoms with E-state index in [1.807, 2.05) is 24.3 Å². The number of hydrogen-bond acceptors (Lipinski definition) is 4. The van der Waals surface area contributed by atoms with Gasteiger partial charge in [-0.1, -0.05) is 24.3 Å². The van der Waals surface area contributed by atoms with Gasteiger partial charge in [0.05, 0.1) is 26.7 Å². The first-order chi connectivity index (χ1) is 8.22. The zero-order valence-corrected chi connectivity index (χ0v) is 9.94. The summed E-state index contributed by atoms with van der Waals surface area (Å²) in [5, 5.41) is 0. The monoisotopic (exact) mass is 235 g/mol. The van der Waals surface area contributed by atoms with Crippen LogP contribution in [0.1, 0.15) is 17.5 Å². The summed E-state index contributed by atoms with van der Waals surface area (Å²) in [4.78, 5) is 11.5. The van der Waals surface area contributed by atoms with Crippen molar-refractivity contribution in [2.75, 3.05) is 20.3 Å². The third-order valence-corrected chi connectivity index (χ3v) is 3.33. The van der Waals surface area contributed by atoms with Crippen LogP contribution in [0.25, 0.3) is 0 Å². The molecule has 2 rings (SSSR count). The van der Waals surface area contributed by atoms with Crippen LogP contribution in [0.4, 0.5) is 0 Å². The maximum Gasteiger partial charge on any atom is 0.306 e. The average Bonchev–Trinajstić information content (AvgIpc) is 2.39. The fourth-order valence-corrected chi connectivity index (χ4v) is 2.33. The smallest absolute Gasteiger partial charge is 0.306 e. The van der Waals surface area contributed by atoms with Crippen molar-refractivity contribution in [1.29, 1.82) is 0 Å². The van der Waals surface area contributed by atoms with Crippen molar-refractivity contribution in [1.82, 2.24) is 0 Å². The molecule has 0 saturated carbocycles. The van der Waals surface area contributed by atoms with Gasteiger partial charge in [0, 0.05) is 12.0 Å². The number of benzene rings is 1. The highest BCUT2D eigenvalue weighted by atomic mass is 16.5. The third kappa shape index (κ3) is 2.18. The fraction of sp³-hybridized carbons (Fsp3) is 0.462. The highest BCUT2D eigenvalue weighted by Crippen LogP contribution is 2.34. The number of ether oxygens (including phenoxy) is 2. The van der Waals surface area contributed by atoms with E-state index in [2.05, 4.69) is 0 Å². The van der Waals surface area contributed by atoms with E-state index in [0.29, 0.717) is 19.8 Å². The molecule has 0 radical (unpaired) electrons. The molecule has 17 heavy (non-hydrogen) atoms. The Kier molecular flexibility index (Phi) is 3.45. The minimum absolute atomic E-state index is 0.254. The highest BCUT2D eigenvalue weighted by Gasteiger charge is 2.38. The Labute approximate surface area is 101 Å². The predicted molar refractivity (Wildman–Crippen MR) is 63.5 cm³/mol. The van der Waals surface area contributed by atoms with Crippen LogP contribution in [0, 0.1) is 0 Å². The summed E-state index contributed by atoms with van der Waals surface area (Å²) in [7, 11) is 1.39. The van der Waals surface area contributed by atoms with Crippen LogP contribution in [0.2, 0.25) is 0 Å². The molecular formula is C13H17NO3. The topological polar surface area (TPSA) is 61.5 Å². The van der Waals surface area contributed by atoms with Crippen molar-refractivity contribution < 1.29 is 14.3 Å². The largest absolute Gasteiger partial charge is 0.469 e. The number of rotatable bonds is 3. The summed E-state index contributed by atoms with van der Waals surface area (Å²) < 4.78 is 10.3. The lowest BCUT2D eigenvalue weighted by Gasteiger charge is -2.37.